The first kappa shape index (κ1) is 17.5. The summed E-state index contributed by atoms with van der Waals surface area (Å²) in [5.41, 5.74) is 1.60. The van der Waals surface area contributed by atoms with Gasteiger partial charge in [-0.15, -0.1) is 11.3 Å². The Morgan fingerprint density at radius 1 is 1.38 bits per heavy atom. The monoisotopic (exact) mass is 383 g/mol. The Balaban J connectivity index is 1.92. The summed E-state index contributed by atoms with van der Waals surface area (Å²) in [7, 11) is -3.07. The van der Waals surface area contributed by atoms with Crippen molar-refractivity contribution in [2.45, 2.75) is 25.9 Å². The number of hydrogen-bond acceptors (Lipinski definition) is 4. The van der Waals surface area contributed by atoms with E-state index in [0.29, 0.717) is 23.6 Å². The molecule has 1 fully saturated rings. The molecule has 0 spiro atoms. The van der Waals surface area contributed by atoms with Gasteiger partial charge in [-0.25, -0.2) is 8.42 Å². The average Bonchev–Trinajstić information content (AvgIpc) is 3.09. The largest absolute Gasteiger partial charge is 0.329 e. The molecule has 1 aliphatic heterocycles. The molecule has 2 heterocycles. The van der Waals surface area contributed by atoms with Crippen molar-refractivity contribution in [3.8, 4) is 0 Å². The van der Waals surface area contributed by atoms with E-state index in [1.54, 1.807) is 40.5 Å². The first-order valence-electron chi connectivity index (χ1n) is 7.66. The van der Waals surface area contributed by atoms with Gasteiger partial charge in [-0.2, -0.15) is 0 Å². The molecular weight excluding hydrogens is 366 g/mol. The fourth-order valence-corrected chi connectivity index (χ4v) is 5.72. The molecule has 0 unspecified atom stereocenters. The van der Waals surface area contributed by atoms with Gasteiger partial charge in [0.25, 0.3) is 5.91 Å². The topological polar surface area (TPSA) is 54.5 Å². The van der Waals surface area contributed by atoms with Crippen LogP contribution in [0, 0.1) is 6.92 Å². The maximum Gasteiger partial charge on any atom is 0.254 e. The van der Waals surface area contributed by atoms with Crippen LogP contribution in [-0.4, -0.2) is 36.8 Å². The molecule has 0 N–H and O–H groups in total. The number of benzene rings is 1. The predicted molar refractivity (Wildman–Crippen MR) is 97.4 cm³/mol. The van der Waals surface area contributed by atoms with Crippen LogP contribution in [0.5, 0.6) is 0 Å². The summed E-state index contributed by atoms with van der Waals surface area (Å²) in [5, 5.41) is 2.48. The molecule has 1 aromatic heterocycles. The van der Waals surface area contributed by atoms with Crippen molar-refractivity contribution in [1.29, 1.82) is 0 Å². The summed E-state index contributed by atoms with van der Waals surface area (Å²) in [4.78, 5) is 15.8. The molecule has 1 aliphatic rings. The van der Waals surface area contributed by atoms with Crippen LogP contribution < -0.4 is 0 Å². The standard InChI is InChI=1S/C17H18ClNO3S2/c1-12-5-7-23-16(12)10-19(15-6-8-24(21,22)11-15)17(20)13-3-2-4-14(18)9-13/h2-5,7,9,15H,6,8,10-11H2,1H3/t15-/m1/s1. The summed E-state index contributed by atoms with van der Waals surface area (Å²) in [6.45, 7) is 2.42. The van der Waals surface area contributed by atoms with Crippen molar-refractivity contribution in [2.24, 2.45) is 0 Å². The van der Waals surface area contributed by atoms with Crippen molar-refractivity contribution in [2.75, 3.05) is 11.5 Å². The zero-order valence-electron chi connectivity index (χ0n) is 13.2. The van der Waals surface area contributed by atoms with Gasteiger partial charge in [0.2, 0.25) is 0 Å². The first-order chi connectivity index (χ1) is 11.4. The van der Waals surface area contributed by atoms with E-state index in [9.17, 15) is 13.2 Å². The zero-order valence-corrected chi connectivity index (χ0v) is 15.6. The van der Waals surface area contributed by atoms with E-state index >= 15 is 0 Å². The van der Waals surface area contributed by atoms with Crippen LogP contribution >= 0.6 is 22.9 Å². The van der Waals surface area contributed by atoms with Gasteiger partial charge in [0.15, 0.2) is 9.84 Å². The van der Waals surface area contributed by atoms with Gasteiger partial charge in [-0.05, 0) is 48.6 Å². The number of thiophene rings is 1. The Morgan fingerprint density at radius 3 is 2.75 bits per heavy atom. The molecule has 0 radical (unpaired) electrons. The van der Waals surface area contributed by atoms with E-state index < -0.39 is 9.84 Å². The van der Waals surface area contributed by atoms with Gasteiger partial charge in [0.1, 0.15) is 0 Å². The third-order valence-electron chi connectivity index (χ3n) is 4.26. The summed E-state index contributed by atoms with van der Waals surface area (Å²) < 4.78 is 23.7. The summed E-state index contributed by atoms with van der Waals surface area (Å²) in [6.07, 6.45) is 0.485. The number of nitrogens with zero attached hydrogens (tertiary/aromatic N) is 1. The number of hydrogen-bond donors (Lipinski definition) is 0. The minimum atomic E-state index is -3.07. The molecule has 1 aromatic carbocycles. The highest BCUT2D eigenvalue weighted by Gasteiger charge is 2.35. The molecule has 0 aliphatic carbocycles. The SMILES string of the molecule is Cc1ccsc1CN(C(=O)c1cccc(Cl)c1)[C@@H]1CCS(=O)(=O)C1. The van der Waals surface area contributed by atoms with E-state index in [4.69, 9.17) is 11.6 Å². The lowest BCUT2D eigenvalue weighted by Crippen LogP contribution is -2.40. The van der Waals surface area contributed by atoms with Crippen LogP contribution in [0.3, 0.4) is 0 Å². The van der Waals surface area contributed by atoms with E-state index in [-0.39, 0.29) is 23.5 Å². The number of carbonyl (C=O) groups excluding carboxylic acids is 1. The van der Waals surface area contributed by atoms with Crippen LogP contribution in [0.1, 0.15) is 27.2 Å². The number of carbonyl (C=O) groups is 1. The maximum atomic E-state index is 13.0. The second-order valence-corrected chi connectivity index (χ2v) is 9.69. The van der Waals surface area contributed by atoms with E-state index in [2.05, 4.69) is 0 Å². The maximum absolute atomic E-state index is 13.0. The quantitative estimate of drug-likeness (QED) is 0.811. The molecule has 1 amide bonds. The summed E-state index contributed by atoms with van der Waals surface area (Å²) in [6, 6.07) is 8.51. The molecule has 0 saturated carbocycles. The van der Waals surface area contributed by atoms with Crippen molar-refractivity contribution in [1.82, 2.24) is 4.90 Å². The van der Waals surface area contributed by atoms with Gasteiger partial charge < -0.3 is 4.90 Å². The third-order valence-corrected chi connectivity index (χ3v) is 7.26. The normalized spacial score (nSPS) is 19.3. The highest BCUT2D eigenvalue weighted by atomic mass is 35.5. The smallest absolute Gasteiger partial charge is 0.254 e. The second kappa shape index (κ2) is 6.86. The molecule has 2 aromatic rings. The Labute approximate surface area is 151 Å². The number of sulfone groups is 1. The second-order valence-electron chi connectivity index (χ2n) is 6.03. The Kier molecular flexibility index (Phi) is 4.99. The van der Waals surface area contributed by atoms with E-state index in [1.165, 1.54) is 0 Å². The van der Waals surface area contributed by atoms with Crippen LogP contribution in [0.15, 0.2) is 35.7 Å². The van der Waals surface area contributed by atoms with Crippen molar-refractivity contribution in [3.05, 3.63) is 56.7 Å². The van der Waals surface area contributed by atoms with Crippen LogP contribution in [0.25, 0.3) is 0 Å². The lowest BCUT2D eigenvalue weighted by atomic mass is 10.1. The Morgan fingerprint density at radius 2 is 2.17 bits per heavy atom. The number of halogens is 1. The van der Waals surface area contributed by atoms with Gasteiger partial charge in [0.05, 0.1) is 18.1 Å². The molecule has 128 valence electrons. The van der Waals surface area contributed by atoms with Gasteiger partial charge >= 0.3 is 0 Å². The van der Waals surface area contributed by atoms with Crippen LogP contribution in [0.2, 0.25) is 5.02 Å². The van der Waals surface area contributed by atoms with Crippen molar-refractivity contribution >= 4 is 38.7 Å². The Bertz CT molecular complexity index is 860. The lowest BCUT2D eigenvalue weighted by Gasteiger charge is -2.28. The zero-order chi connectivity index (χ0) is 17.3. The predicted octanol–water partition coefficient (Wildman–Crippen LogP) is 3.54. The Hall–Kier alpha value is -1.37. The molecule has 7 heteroatoms. The number of rotatable bonds is 4. The summed E-state index contributed by atoms with van der Waals surface area (Å²) >= 11 is 7.58. The van der Waals surface area contributed by atoms with Gasteiger partial charge in [-0.3, -0.25) is 4.79 Å². The molecular formula is C17H18ClNO3S2. The van der Waals surface area contributed by atoms with Gasteiger partial charge in [-0.1, -0.05) is 17.7 Å². The third kappa shape index (κ3) is 3.82. The fraction of sp³-hybridized carbons (Fsp3) is 0.353. The number of aryl methyl sites for hydroxylation is 1. The first-order valence-corrected chi connectivity index (χ1v) is 10.7. The fourth-order valence-electron chi connectivity index (χ4n) is 2.90. The molecule has 4 nitrogen and oxygen atoms in total. The van der Waals surface area contributed by atoms with Gasteiger partial charge in [0, 0.05) is 21.5 Å². The minimum Gasteiger partial charge on any atom is -0.329 e. The molecule has 0 bridgehead atoms. The van der Waals surface area contributed by atoms with Crippen molar-refractivity contribution < 1.29 is 13.2 Å². The average molecular weight is 384 g/mol. The highest BCUT2D eigenvalue weighted by Crippen LogP contribution is 2.26. The van der Waals surface area contributed by atoms with Crippen LogP contribution in [0.4, 0.5) is 0 Å². The molecule has 1 atom stereocenters. The molecule has 1 saturated heterocycles. The molecule has 3 rings (SSSR count). The lowest BCUT2D eigenvalue weighted by molar-refractivity contribution is 0.0683. The van der Waals surface area contributed by atoms with E-state index in [0.717, 1.165) is 10.4 Å². The van der Waals surface area contributed by atoms with Crippen molar-refractivity contribution in [3.63, 3.8) is 0 Å². The van der Waals surface area contributed by atoms with E-state index in [1.807, 2.05) is 18.4 Å². The molecule has 24 heavy (non-hydrogen) atoms. The number of amides is 1. The van der Waals surface area contributed by atoms with Crippen LogP contribution in [-0.2, 0) is 16.4 Å². The summed E-state index contributed by atoms with van der Waals surface area (Å²) in [5.74, 6) is -0.00293. The minimum absolute atomic E-state index is 0.0315. The highest BCUT2D eigenvalue weighted by molar-refractivity contribution is 7.91.